The van der Waals surface area contributed by atoms with E-state index in [1.165, 1.54) is 11.5 Å². The maximum atomic E-state index is 10.9. The van der Waals surface area contributed by atoms with Crippen LogP contribution in [0.1, 0.15) is 15.9 Å². The first kappa shape index (κ1) is 9.86. The molecule has 0 saturated heterocycles. The zero-order valence-corrected chi connectivity index (χ0v) is 8.91. The number of aryl methyl sites for hydroxylation is 1. The summed E-state index contributed by atoms with van der Waals surface area (Å²) >= 11 is 1.36. The number of benzene rings is 1. The van der Waals surface area contributed by atoms with E-state index in [0.29, 0.717) is 5.56 Å². The highest BCUT2D eigenvalue weighted by atomic mass is 32.1. The van der Waals surface area contributed by atoms with Gasteiger partial charge < -0.3 is 5.11 Å². The van der Waals surface area contributed by atoms with Crippen molar-refractivity contribution in [2.24, 2.45) is 0 Å². The maximum absolute atomic E-state index is 10.9. The molecule has 76 valence electrons. The van der Waals surface area contributed by atoms with Crippen LogP contribution in [0.15, 0.2) is 29.6 Å². The summed E-state index contributed by atoms with van der Waals surface area (Å²) < 4.78 is 4.18. The van der Waals surface area contributed by atoms with Gasteiger partial charge in [-0.2, -0.15) is 4.37 Å². The van der Waals surface area contributed by atoms with Crippen LogP contribution in [0.4, 0.5) is 0 Å². The Morgan fingerprint density at radius 1 is 1.40 bits per heavy atom. The molecule has 1 aromatic carbocycles. The Kier molecular flexibility index (Phi) is 2.51. The number of nitrogens with zero attached hydrogens (tertiary/aromatic N) is 1. The van der Waals surface area contributed by atoms with Crippen LogP contribution in [-0.2, 0) is 0 Å². The van der Waals surface area contributed by atoms with Crippen LogP contribution in [0, 0.1) is 6.92 Å². The average molecular weight is 219 g/mol. The van der Waals surface area contributed by atoms with E-state index < -0.39 is 5.97 Å². The van der Waals surface area contributed by atoms with Gasteiger partial charge in [-0.25, -0.2) is 4.79 Å². The maximum Gasteiger partial charge on any atom is 0.335 e. The lowest BCUT2D eigenvalue weighted by molar-refractivity contribution is 0.0697. The smallest absolute Gasteiger partial charge is 0.335 e. The number of hydrogen-bond acceptors (Lipinski definition) is 3. The number of carboxylic acids is 1. The number of hydrogen-bond donors (Lipinski definition) is 1. The van der Waals surface area contributed by atoms with Gasteiger partial charge in [0.15, 0.2) is 0 Å². The molecule has 0 aliphatic heterocycles. The van der Waals surface area contributed by atoms with Crippen molar-refractivity contribution in [2.75, 3.05) is 0 Å². The van der Waals surface area contributed by atoms with Crippen molar-refractivity contribution in [1.82, 2.24) is 4.37 Å². The highest BCUT2D eigenvalue weighted by Crippen LogP contribution is 2.21. The molecule has 3 nitrogen and oxygen atoms in total. The molecule has 0 atom stereocenters. The second kappa shape index (κ2) is 3.82. The minimum atomic E-state index is -0.907. The predicted octanol–water partition coefficient (Wildman–Crippen LogP) is 2.82. The molecule has 4 heteroatoms. The van der Waals surface area contributed by atoms with Crippen LogP contribution in [-0.4, -0.2) is 15.4 Å². The number of rotatable bonds is 2. The summed E-state index contributed by atoms with van der Waals surface area (Å²) in [5, 5.41) is 10.8. The third-order valence-corrected chi connectivity index (χ3v) is 2.62. The van der Waals surface area contributed by atoms with Gasteiger partial charge in [0.25, 0.3) is 0 Å². The average Bonchev–Trinajstić information content (AvgIpc) is 2.69. The van der Waals surface area contributed by atoms with E-state index in [0.717, 1.165) is 16.8 Å². The number of aromatic nitrogens is 1. The van der Waals surface area contributed by atoms with Crippen molar-refractivity contribution in [1.29, 1.82) is 0 Å². The summed E-state index contributed by atoms with van der Waals surface area (Å²) in [6, 6.07) is 7.11. The zero-order valence-electron chi connectivity index (χ0n) is 8.10. The van der Waals surface area contributed by atoms with Crippen molar-refractivity contribution in [2.45, 2.75) is 6.92 Å². The molecule has 1 aromatic heterocycles. The number of carboxylic acid groups (broad SMARTS) is 1. The Labute approximate surface area is 91.2 Å². The molecule has 0 saturated carbocycles. The van der Waals surface area contributed by atoms with Gasteiger partial charge in [-0.15, -0.1) is 0 Å². The van der Waals surface area contributed by atoms with E-state index in [1.54, 1.807) is 12.1 Å². The summed E-state index contributed by atoms with van der Waals surface area (Å²) in [6.45, 7) is 1.88. The Balaban J connectivity index is 2.54. The van der Waals surface area contributed by atoms with Gasteiger partial charge in [0, 0.05) is 10.9 Å². The summed E-state index contributed by atoms with van der Waals surface area (Å²) in [7, 11) is 0. The molecule has 2 rings (SSSR count). The van der Waals surface area contributed by atoms with Gasteiger partial charge in [0.2, 0.25) is 0 Å². The molecular formula is C11H9NO2S. The van der Waals surface area contributed by atoms with Crippen LogP contribution < -0.4 is 0 Å². The first-order valence-electron chi connectivity index (χ1n) is 4.42. The monoisotopic (exact) mass is 219 g/mol. The molecule has 0 aliphatic carbocycles. The van der Waals surface area contributed by atoms with Crippen molar-refractivity contribution in [3.8, 4) is 11.3 Å². The van der Waals surface area contributed by atoms with Gasteiger partial charge in [0.05, 0.1) is 11.3 Å². The van der Waals surface area contributed by atoms with Crippen LogP contribution >= 0.6 is 11.5 Å². The molecule has 2 aromatic rings. The Hall–Kier alpha value is -1.68. The molecule has 0 fully saturated rings. The fraction of sp³-hybridized carbons (Fsp3) is 0.0909. The minimum Gasteiger partial charge on any atom is -0.478 e. The highest BCUT2D eigenvalue weighted by molar-refractivity contribution is 7.03. The fourth-order valence-electron chi connectivity index (χ4n) is 1.42. The van der Waals surface area contributed by atoms with E-state index >= 15 is 0 Å². The normalized spacial score (nSPS) is 10.2. The fourth-order valence-corrected chi connectivity index (χ4v) is 1.95. The standard InChI is InChI=1S/C11H9NO2S/c1-7-4-8(10-2-3-15-12-10)6-9(5-7)11(13)14/h2-6H,1H3,(H,13,14). The molecule has 0 radical (unpaired) electrons. The third kappa shape index (κ3) is 2.05. The Morgan fingerprint density at radius 2 is 2.20 bits per heavy atom. The first-order chi connectivity index (χ1) is 7.16. The quantitative estimate of drug-likeness (QED) is 0.844. The van der Waals surface area contributed by atoms with Crippen LogP contribution in [0.25, 0.3) is 11.3 Å². The Morgan fingerprint density at radius 3 is 2.80 bits per heavy atom. The van der Waals surface area contributed by atoms with Crippen molar-refractivity contribution in [3.63, 3.8) is 0 Å². The summed E-state index contributed by atoms with van der Waals surface area (Å²) in [6.07, 6.45) is 0. The van der Waals surface area contributed by atoms with E-state index in [4.69, 9.17) is 5.11 Å². The summed E-state index contributed by atoms with van der Waals surface area (Å²) in [4.78, 5) is 10.9. The second-order valence-corrected chi connectivity index (χ2v) is 3.94. The first-order valence-corrected chi connectivity index (χ1v) is 5.26. The van der Waals surface area contributed by atoms with Crippen molar-refractivity contribution >= 4 is 17.5 Å². The predicted molar refractivity (Wildman–Crippen MR) is 59.2 cm³/mol. The zero-order chi connectivity index (χ0) is 10.8. The summed E-state index contributed by atoms with van der Waals surface area (Å²) in [5.74, 6) is -0.907. The molecule has 15 heavy (non-hydrogen) atoms. The second-order valence-electron chi connectivity index (χ2n) is 3.28. The SMILES string of the molecule is Cc1cc(C(=O)O)cc(-c2ccsn2)c1. The molecule has 0 unspecified atom stereocenters. The van der Waals surface area contributed by atoms with Crippen molar-refractivity contribution < 1.29 is 9.90 Å². The van der Waals surface area contributed by atoms with Gasteiger partial charge in [-0.1, -0.05) is 0 Å². The number of carbonyl (C=O) groups is 1. The van der Waals surface area contributed by atoms with Crippen LogP contribution in [0.2, 0.25) is 0 Å². The molecule has 1 N–H and O–H groups in total. The van der Waals surface area contributed by atoms with Gasteiger partial charge in [-0.05, 0) is 48.3 Å². The Bertz CT molecular complexity index is 491. The van der Waals surface area contributed by atoms with Crippen LogP contribution in [0.3, 0.4) is 0 Å². The molecule has 0 spiro atoms. The minimum absolute atomic E-state index is 0.304. The lowest BCUT2D eigenvalue weighted by Gasteiger charge is -2.01. The highest BCUT2D eigenvalue weighted by Gasteiger charge is 2.07. The molecule has 0 bridgehead atoms. The van der Waals surface area contributed by atoms with Gasteiger partial charge in [-0.3, -0.25) is 0 Å². The largest absolute Gasteiger partial charge is 0.478 e. The van der Waals surface area contributed by atoms with Gasteiger partial charge in [0.1, 0.15) is 0 Å². The molecule has 0 aliphatic rings. The topological polar surface area (TPSA) is 50.2 Å². The van der Waals surface area contributed by atoms with E-state index in [-0.39, 0.29) is 0 Å². The van der Waals surface area contributed by atoms with E-state index in [1.807, 2.05) is 24.4 Å². The van der Waals surface area contributed by atoms with E-state index in [2.05, 4.69) is 4.37 Å². The lowest BCUT2D eigenvalue weighted by Crippen LogP contribution is -1.97. The van der Waals surface area contributed by atoms with Crippen molar-refractivity contribution in [3.05, 3.63) is 40.8 Å². The summed E-state index contributed by atoms with van der Waals surface area (Å²) in [5.41, 5.74) is 2.91. The lowest BCUT2D eigenvalue weighted by atomic mass is 10.0. The molecular weight excluding hydrogens is 210 g/mol. The van der Waals surface area contributed by atoms with E-state index in [9.17, 15) is 4.79 Å². The number of aromatic carboxylic acids is 1. The molecule has 0 amide bonds. The third-order valence-electron chi connectivity index (χ3n) is 2.06. The van der Waals surface area contributed by atoms with Crippen LogP contribution in [0.5, 0.6) is 0 Å². The molecule has 1 heterocycles. The van der Waals surface area contributed by atoms with Gasteiger partial charge >= 0.3 is 5.97 Å².